The van der Waals surface area contributed by atoms with Gasteiger partial charge in [0.2, 0.25) is 0 Å². The molecule has 0 aliphatic heterocycles. The maximum Gasteiger partial charge on any atom is 0.146 e. The summed E-state index contributed by atoms with van der Waals surface area (Å²) < 4.78 is 0. The Balaban J connectivity index is 2.34. The van der Waals surface area contributed by atoms with E-state index in [1.807, 2.05) is 43.4 Å². The monoisotopic (exact) mass is 269 g/mol. The number of aromatic hydroxyl groups is 1. The molecule has 3 N–H and O–H groups in total. The first kappa shape index (κ1) is 14.1. The minimum absolute atomic E-state index is 0.151. The van der Waals surface area contributed by atoms with Gasteiger partial charge < -0.3 is 5.11 Å². The second-order valence-corrected chi connectivity index (χ2v) is 4.71. The van der Waals surface area contributed by atoms with Gasteiger partial charge in [0.15, 0.2) is 0 Å². The summed E-state index contributed by atoms with van der Waals surface area (Å²) in [6, 6.07) is 3.74. The molecule has 4 heteroatoms. The number of hydrogen-bond acceptors (Lipinski definition) is 4. The van der Waals surface area contributed by atoms with Crippen LogP contribution >= 0.6 is 0 Å². The van der Waals surface area contributed by atoms with Gasteiger partial charge in [-0.2, -0.15) is 10.2 Å². The molecule has 0 saturated heterocycles. The molecule has 1 aliphatic rings. The van der Waals surface area contributed by atoms with Gasteiger partial charge in [-0.3, -0.25) is 0 Å². The Morgan fingerprint density at radius 1 is 1.45 bits per heavy atom. The number of nitrogens with two attached hydrogens (primary N) is 1. The topological polar surface area (TPSA) is 61.8 Å². The Morgan fingerprint density at radius 2 is 2.25 bits per heavy atom. The number of hydrogen-bond donors (Lipinski definition) is 2. The minimum Gasteiger partial charge on any atom is -0.505 e. The van der Waals surface area contributed by atoms with Crippen molar-refractivity contribution in [2.45, 2.75) is 19.8 Å². The van der Waals surface area contributed by atoms with Gasteiger partial charge in [0, 0.05) is 12.0 Å². The van der Waals surface area contributed by atoms with Crippen LogP contribution in [0, 0.1) is 6.92 Å². The summed E-state index contributed by atoms with van der Waals surface area (Å²) in [7, 11) is 0. The Labute approximate surface area is 119 Å². The molecule has 0 spiro atoms. The number of aryl methyl sites for hydroxylation is 1. The van der Waals surface area contributed by atoms with Crippen LogP contribution in [-0.2, 0) is 6.42 Å². The van der Waals surface area contributed by atoms with E-state index in [2.05, 4.69) is 11.7 Å². The summed E-state index contributed by atoms with van der Waals surface area (Å²) in [5.41, 5.74) is 3.16. The van der Waals surface area contributed by atoms with Crippen LogP contribution in [0.15, 0.2) is 54.2 Å². The second-order valence-electron chi connectivity index (χ2n) is 4.71. The standard InChI is InChI=1S/C16H19N3O/c1-3-7-13-10-12(2)11-15(16(13)20)19(17)18-14-8-5-4-6-9-14/h3-6,8,10-11,20H,1,7,9,17H2,2H3/b18-14-. The number of benzene rings is 1. The van der Waals surface area contributed by atoms with E-state index >= 15 is 0 Å². The summed E-state index contributed by atoms with van der Waals surface area (Å²) in [5.74, 6) is 6.11. The molecule has 20 heavy (non-hydrogen) atoms. The SMILES string of the molecule is C=CCc1cc(C)cc(N(N)/N=C2/C=CC=CC2)c1O. The molecular formula is C16H19N3O. The smallest absolute Gasteiger partial charge is 0.146 e. The number of phenols is 1. The summed E-state index contributed by atoms with van der Waals surface area (Å²) in [6.07, 6.45) is 10.9. The van der Waals surface area contributed by atoms with Crippen molar-refractivity contribution in [3.63, 3.8) is 0 Å². The van der Waals surface area contributed by atoms with Gasteiger partial charge in [0.05, 0.1) is 5.71 Å². The van der Waals surface area contributed by atoms with Crippen LogP contribution in [0.3, 0.4) is 0 Å². The highest BCUT2D eigenvalue weighted by atomic mass is 16.3. The number of rotatable bonds is 4. The molecule has 0 radical (unpaired) electrons. The molecule has 0 unspecified atom stereocenters. The molecule has 2 rings (SSSR count). The highest BCUT2D eigenvalue weighted by molar-refractivity contribution is 5.97. The molecule has 0 heterocycles. The van der Waals surface area contributed by atoms with Gasteiger partial charge in [-0.25, -0.2) is 5.84 Å². The molecule has 4 nitrogen and oxygen atoms in total. The van der Waals surface area contributed by atoms with Gasteiger partial charge in [-0.15, -0.1) is 6.58 Å². The van der Waals surface area contributed by atoms with Gasteiger partial charge >= 0.3 is 0 Å². The zero-order valence-corrected chi connectivity index (χ0v) is 11.6. The normalized spacial score (nSPS) is 15.6. The molecule has 0 amide bonds. The molecule has 1 aliphatic carbocycles. The Bertz CT molecular complexity index is 600. The molecule has 104 valence electrons. The van der Waals surface area contributed by atoms with Crippen molar-refractivity contribution in [2.75, 3.05) is 5.12 Å². The third kappa shape index (κ3) is 3.16. The third-order valence-corrected chi connectivity index (χ3v) is 3.02. The Kier molecular flexibility index (Phi) is 4.38. The lowest BCUT2D eigenvalue weighted by Crippen LogP contribution is -2.26. The highest BCUT2D eigenvalue weighted by Gasteiger charge is 2.12. The van der Waals surface area contributed by atoms with Crippen LogP contribution in [0.25, 0.3) is 0 Å². The number of hydrazine groups is 1. The second kappa shape index (κ2) is 6.21. The van der Waals surface area contributed by atoms with E-state index in [1.165, 1.54) is 5.12 Å². The van der Waals surface area contributed by atoms with Crippen molar-refractivity contribution in [3.8, 4) is 5.75 Å². The van der Waals surface area contributed by atoms with Crippen molar-refractivity contribution in [3.05, 3.63) is 60.2 Å². The van der Waals surface area contributed by atoms with E-state index in [1.54, 1.807) is 6.08 Å². The molecular weight excluding hydrogens is 250 g/mol. The average molecular weight is 269 g/mol. The molecule has 0 bridgehead atoms. The first-order valence-electron chi connectivity index (χ1n) is 6.50. The lowest BCUT2D eigenvalue weighted by molar-refractivity contribution is 0.468. The van der Waals surface area contributed by atoms with E-state index in [0.717, 1.165) is 23.3 Å². The van der Waals surface area contributed by atoms with E-state index in [-0.39, 0.29) is 5.75 Å². The maximum absolute atomic E-state index is 10.3. The summed E-state index contributed by atoms with van der Waals surface area (Å²) in [6.45, 7) is 5.65. The van der Waals surface area contributed by atoms with Crippen LogP contribution in [-0.4, -0.2) is 10.8 Å². The zero-order valence-electron chi connectivity index (χ0n) is 11.6. The van der Waals surface area contributed by atoms with Crippen molar-refractivity contribution in [2.24, 2.45) is 10.9 Å². The van der Waals surface area contributed by atoms with E-state index in [9.17, 15) is 5.11 Å². The molecule has 1 aromatic carbocycles. The van der Waals surface area contributed by atoms with Gasteiger partial charge in [0.25, 0.3) is 0 Å². The predicted molar refractivity (Wildman–Crippen MR) is 83.7 cm³/mol. The zero-order chi connectivity index (χ0) is 14.5. The molecule has 1 aromatic rings. The lowest BCUT2D eigenvalue weighted by atomic mass is 10.1. The number of nitrogens with zero attached hydrogens (tertiary/aromatic N) is 2. The van der Waals surface area contributed by atoms with Crippen LogP contribution in [0.1, 0.15) is 17.5 Å². The fraction of sp³-hybridized carbons (Fsp3) is 0.188. The quantitative estimate of drug-likeness (QED) is 0.502. The largest absolute Gasteiger partial charge is 0.505 e. The lowest BCUT2D eigenvalue weighted by Gasteiger charge is -2.18. The fourth-order valence-electron chi connectivity index (χ4n) is 2.09. The van der Waals surface area contributed by atoms with E-state index in [4.69, 9.17) is 5.84 Å². The van der Waals surface area contributed by atoms with Gasteiger partial charge in [-0.05, 0) is 31.1 Å². The summed E-state index contributed by atoms with van der Waals surface area (Å²) in [5, 5.41) is 15.8. The summed E-state index contributed by atoms with van der Waals surface area (Å²) in [4.78, 5) is 0. The van der Waals surface area contributed by atoms with Crippen LogP contribution in [0.4, 0.5) is 5.69 Å². The first-order chi connectivity index (χ1) is 9.61. The first-order valence-corrected chi connectivity index (χ1v) is 6.50. The highest BCUT2D eigenvalue weighted by Crippen LogP contribution is 2.32. The summed E-state index contributed by atoms with van der Waals surface area (Å²) >= 11 is 0. The van der Waals surface area contributed by atoms with E-state index in [0.29, 0.717) is 12.1 Å². The van der Waals surface area contributed by atoms with Crippen molar-refractivity contribution < 1.29 is 5.11 Å². The Hall–Kier alpha value is -2.33. The fourth-order valence-corrected chi connectivity index (χ4v) is 2.09. The van der Waals surface area contributed by atoms with E-state index < -0.39 is 0 Å². The maximum atomic E-state index is 10.3. The van der Waals surface area contributed by atoms with Gasteiger partial charge in [-0.1, -0.05) is 30.4 Å². The van der Waals surface area contributed by atoms with Crippen LogP contribution in [0.5, 0.6) is 5.75 Å². The van der Waals surface area contributed by atoms with Crippen molar-refractivity contribution in [1.82, 2.24) is 0 Å². The molecule has 0 saturated carbocycles. The molecule has 0 aromatic heterocycles. The minimum atomic E-state index is 0.151. The van der Waals surface area contributed by atoms with Gasteiger partial charge in [0.1, 0.15) is 11.4 Å². The van der Waals surface area contributed by atoms with Crippen LogP contribution < -0.4 is 11.0 Å². The number of hydrazone groups is 1. The average Bonchev–Trinajstić information content (AvgIpc) is 2.43. The molecule has 0 atom stereocenters. The van der Waals surface area contributed by atoms with Crippen molar-refractivity contribution in [1.29, 1.82) is 0 Å². The predicted octanol–water partition coefficient (Wildman–Crippen LogP) is 2.98. The van der Waals surface area contributed by atoms with Crippen LogP contribution in [0.2, 0.25) is 0 Å². The van der Waals surface area contributed by atoms with Crippen molar-refractivity contribution >= 4 is 11.4 Å². The third-order valence-electron chi connectivity index (χ3n) is 3.02. The Morgan fingerprint density at radius 3 is 2.90 bits per heavy atom. The number of anilines is 1. The number of phenolic OH excluding ortho intramolecular Hbond substituents is 1. The number of allylic oxidation sites excluding steroid dienone is 5. The molecule has 0 fully saturated rings.